The van der Waals surface area contributed by atoms with Gasteiger partial charge in [0.05, 0.1) is 19.2 Å². The number of nitrogens with zero attached hydrogens (tertiary/aromatic N) is 2. The fraction of sp³-hybridized carbons (Fsp3) is 0.625. The van der Waals surface area contributed by atoms with Crippen molar-refractivity contribution in [3.63, 3.8) is 0 Å². The summed E-state index contributed by atoms with van der Waals surface area (Å²) < 4.78 is 24.4. The minimum atomic E-state index is -3.90. The van der Waals surface area contributed by atoms with Crippen molar-refractivity contribution in [2.45, 2.75) is 18.6 Å². The first kappa shape index (κ1) is 12.6. The van der Waals surface area contributed by atoms with Gasteiger partial charge in [-0.2, -0.15) is 9.57 Å². The maximum atomic E-state index is 11.8. The molecule has 7 nitrogen and oxygen atoms in total. The Morgan fingerprint density at radius 3 is 2.31 bits per heavy atom. The highest BCUT2D eigenvalue weighted by atomic mass is 32.2. The summed E-state index contributed by atoms with van der Waals surface area (Å²) in [5.74, 6) is -1.35. The predicted octanol–water partition coefficient (Wildman–Crippen LogP) is -1.42. The first-order chi connectivity index (χ1) is 7.41. The largest absolute Gasteiger partial charge is 0.294 e. The molecule has 0 aromatic rings. The fourth-order valence-electron chi connectivity index (χ4n) is 1.34. The lowest BCUT2D eigenvalue weighted by atomic mass is 10.4. The van der Waals surface area contributed by atoms with Gasteiger partial charge in [-0.3, -0.25) is 14.9 Å². The number of imide groups is 1. The molecular weight excluding hydrogens is 234 g/mol. The number of rotatable bonds is 3. The highest BCUT2D eigenvalue weighted by Crippen LogP contribution is 2.12. The standard InChI is InChI=1S/C8H11N3O4S/c1-2-6(3-9)16(14,15)11-4-7(12)10-8(13)5-11/h6H,2,4-5H2,1H3,(H,10,12,13). The average Bonchev–Trinajstić information content (AvgIpc) is 2.17. The molecule has 1 unspecified atom stereocenters. The molecule has 1 N–H and O–H groups in total. The van der Waals surface area contributed by atoms with Gasteiger partial charge < -0.3 is 0 Å². The van der Waals surface area contributed by atoms with E-state index in [1.807, 2.05) is 5.32 Å². The van der Waals surface area contributed by atoms with E-state index in [-0.39, 0.29) is 6.42 Å². The molecule has 1 aliphatic heterocycles. The Balaban J connectivity index is 2.96. The van der Waals surface area contributed by atoms with Crippen LogP contribution in [0.2, 0.25) is 0 Å². The molecule has 1 saturated heterocycles. The molecule has 0 saturated carbocycles. The Labute approximate surface area is 93.1 Å². The van der Waals surface area contributed by atoms with Crippen LogP contribution in [0.25, 0.3) is 0 Å². The van der Waals surface area contributed by atoms with Crippen molar-refractivity contribution in [2.24, 2.45) is 0 Å². The smallest absolute Gasteiger partial charge is 0.241 e. The number of carbonyl (C=O) groups is 2. The molecule has 88 valence electrons. The maximum Gasteiger partial charge on any atom is 0.241 e. The Kier molecular flexibility index (Phi) is 3.62. The normalized spacial score (nSPS) is 20.0. The lowest BCUT2D eigenvalue weighted by molar-refractivity contribution is -0.134. The highest BCUT2D eigenvalue weighted by molar-refractivity contribution is 7.90. The summed E-state index contributed by atoms with van der Waals surface area (Å²) >= 11 is 0. The van der Waals surface area contributed by atoms with E-state index in [1.54, 1.807) is 13.0 Å². The van der Waals surface area contributed by atoms with Crippen LogP contribution in [-0.2, 0) is 19.6 Å². The number of nitrogens with one attached hydrogen (secondary N) is 1. The second-order valence-electron chi connectivity index (χ2n) is 3.31. The van der Waals surface area contributed by atoms with Crippen molar-refractivity contribution in [3.8, 4) is 6.07 Å². The van der Waals surface area contributed by atoms with Crippen molar-refractivity contribution in [3.05, 3.63) is 0 Å². The van der Waals surface area contributed by atoms with Gasteiger partial charge in [-0.25, -0.2) is 8.42 Å². The van der Waals surface area contributed by atoms with E-state index in [0.717, 1.165) is 4.31 Å². The molecule has 1 rings (SSSR count). The maximum absolute atomic E-state index is 11.8. The van der Waals surface area contributed by atoms with Crippen LogP contribution in [0.5, 0.6) is 0 Å². The van der Waals surface area contributed by atoms with Crippen molar-refractivity contribution in [2.75, 3.05) is 13.1 Å². The van der Waals surface area contributed by atoms with Crippen molar-refractivity contribution >= 4 is 21.8 Å². The van der Waals surface area contributed by atoms with E-state index < -0.39 is 40.2 Å². The van der Waals surface area contributed by atoms with Crippen molar-refractivity contribution in [1.82, 2.24) is 9.62 Å². The zero-order valence-corrected chi connectivity index (χ0v) is 9.45. The minimum absolute atomic E-state index is 0.116. The molecule has 0 aliphatic carbocycles. The van der Waals surface area contributed by atoms with Crippen LogP contribution >= 0.6 is 0 Å². The number of hydrogen-bond acceptors (Lipinski definition) is 5. The van der Waals surface area contributed by atoms with Gasteiger partial charge in [0.2, 0.25) is 21.8 Å². The average molecular weight is 245 g/mol. The number of carbonyl (C=O) groups excluding carboxylic acids is 2. The molecule has 8 heteroatoms. The van der Waals surface area contributed by atoms with Crippen LogP contribution in [0.15, 0.2) is 0 Å². The molecule has 1 atom stereocenters. The van der Waals surface area contributed by atoms with Gasteiger partial charge in [0, 0.05) is 0 Å². The summed E-state index contributed by atoms with van der Waals surface area (Å²) in [7, 11) is -3.90. The zero-order chi connectivity index (χ0) is 12.3. The minimum Gasteiger partial charge on any atom is -0.294 e. The molecule has 0 radical (unpaired) electrons. The lowest BCUT2D eigenvalue weighted by Crippen LogP contribution is -2.54. The van der Waals surface area contributed by atoms with E-state index in [4.69, 9.17) is 5.26 Å². The lowest BCUT2D eigenvalue weighted by Gasteiger charge is -2.26. The summed E-state index contributed by atoms with van der Waals surface area (Å²) in [6.07, 6.45) is 0.116. The first-order valence-electron chi connectivity index (χ1n) is 4.63. The molecule has 0 aromatic heterocycles. The SMILES string of the molecule is CCC(C#N)S(=O)(=O)N1CC(=O)NC(=O)C1. The summed E-state index contributed by atoms with van der Waals surface area (Å²) in [5.41, 5.74) is 0. The van der Waals surface area contributed by atoms with Crippen LogP contribution < -0.4 is 5.32 Å². The van der Waals surface area contributed by atoms with Crippen LogP contribution in [0, 0.1) is 11.3 Å². The van der Waals surface area contributed by atoms with Gasteiger partial charge in [-0.1, -0.05) is 6.92 Å². The van der Waals surface area contributed by atoms with E-state index >= 15 is 0 Å². The topological polar surface area (TPSA) is 107 Å². The molecule has 0 bridgehead atoms. The molecule has 2 amide bonds. The van der Waals surface area contributed by atoms with E-state index in [2.05, 4.69) is 0 Å². The Morgan fingerprint density at radius 2 is 1.94 bits per heavy atom. The second-order valence-corrected chi connectivity index (χ2v) is 5.43. The Morgan fingerprint density at radius 1 is 1.44 bits per heavy atom. The van der Waals surface area contributed by atoms with Crippen LogP contribution in [0.3, 0.4) is 0 Å². The van der Waals surface area contributed by atoms with Crippen molar-refractivity contribution in [1.29, 1.82) is 5.26 Å². The third-order valence-electron chi connectivity index (χ3n) is 2.15. The molecule has 16 heavy (non-hydrogen) atoms. The third kappa shape index (κ3) is 2.37. The van der Waals surface area contributed by atoms with Gasteiger partial charge in [0.15, 0.2) is 5.25 Å². The summed E-state index contributed by atoms with van der Waals surface area (Å²) in [5, 5.41) is 9.46. The zero-order valence-electron chi connectivity index (χ0n) is 8.63. The highest BCUT2D eigenvalue weighted by Gasteiger charge is 2.36. The summed E-state index contributed by atoms with van der Waals surface area (Å²) in [6.45, 7) is 0.732. The number of sulfonamides is 1. The molecule has 1 aliphatic rings. The quantitative estimate of drug-likeness (QED) is 0.614. The Bertz CT molecular complexity index is 434. The van der Waals surface area contributed by atoms with Crippen LogP contribution in [-0.4, -0.2) is 42.9 Å². The summed E-state index contributed by atoms with van der Waals surface area (Å²) in [6, 6.07) is 1.65. The van der Waals surface area contributed by atoms with E-state index in [0.29, 0.717) is 0 Å². The predicted molar refractivity (Wildman–Crippen MR) is 53.3 cm³/mol. The van der Waals surface area contributed by atoms with E-state index in [9.17, 15) is 18.0 Å². The van der Waals surface area contributed by atoms with Gasteiger partial charge in [-0.15, -0.1) is 0 Å². The van der Waals surface area contributed by atoms with Gasteiger partial charge in [0.25, 0.3) is 0 Å². The third-order valence-corrected chi connectivity index (χ3v) is 4.29. The molecule has 0 aromatic carbocycles. The molecule has 0 spiro atoms. The van der Waals surface area contributed by atoms with Crippen LogP contribution in [0.1, 0.15) is 13.3 Å². The fourth-order valence-corrected chi connectivity index (χ4v) is 2.85. The molecule has 1 fully saturated rings. The summed E-state index contributed by atoms with van der Waals surface area (Å²) in [4.78, 5) is 22.0. The number of amides is 2. The first-order valence-corrected chi connectivity index (χ1v) is 6.13. The van der Waals surface area contributed by atoms with Crippen LogP contribution in [0.4, 0.5) is 0 Å². The molecule has 1 heterocycles. The monoisotopic (exact) mass is 245 g/mol. The van der Waals surface area contributed by atoms with Gasteiger partial charge in [-0.05, 0) is 6.42 Å². The van der Waals surface area contributed by atoms with E-state index in [1.165, 1.54) is 0 Å². The number of piperazine rings is 1. The number of hydrogen-bond donors (Lipinski definition) is 1. The Hall–Kier alpha value is -1.46. The van der Waals surface area contributed by atoms with Gasteiger partial charge in [0.1, 0.15) is 0 Å². The second kappa shape index (κ2) is 4.59. The molecular formula is C8H11N3O4S. The van der Waals surface area contributed by atoms with Gasteiger partial charge >= 0.3 is 0 Å². The van der Waals surface area contributed by atoms with Crippen molar-refractivity contribution < 1.29 is 18.0 Å². The number of nitriles is 1.